The molecule has 0 bridgehead atoms. The molecule has 9 nitrogen and oxygen atoms in total. The fourth-order valence-electron chi connectivity index (χ4n) is 3.90. The SMILES string of the molecule is COc1cccc(-c2cc(C(=O)Nc3ccc(S(=O)(=O)Nc4onc(C)c4C)cc3)c3ccccc3n2)c1. The molecule has 192 valence electrons. The van der Waals surface area contributed by atoms with Gasteiger partial charge in [0.05, 0.1) is 34.5 Å². The maximum Gasteiger partial charge on any atom is 0.264 e. The molecule has 5 rings (SSSR count). The summed E-state index contributed by atoms with van der Waals surface area (Å²) in [6.45, 7) is 3.44. The minimum Gasteiger partial charge on any atom is -0.497 e. The van der Waals surface area contributed by atoms with Crippen LogP contribution in [0, 0.1) is 13.8 Å². The van der Waals surface area contributed by atoms with Crippen molar-refractivity contribution in [3.63, 3.8) is 0 Å². The fourth-order valence-corrected chi connectivity index (χ4v) is 4.95. The van der Waals surface area contributed by atoms with Gasteiger partial charge in [0.2, 0.25) is 5.88 Å². The van der Waals surface area contributed by atoms with Crippen LogP contribution in [0.25, 0.3) is 22.2 Å². The lowest BCUT2D eigenvalue weighted by molar-refractivity contribution is 0.102. The Bertz CT molecular complexity index is 1760. The van der Waals surface area contributed by atoms with Crippen LogP contribution in [0.1, 0.15) is 21.6 Å². The summed E-state index contributed by atoms with van der Waals surface area (Å²) >= 11 is 0. The normalized spacial score (nSPS) is 11.3. The number of aryl methyl sites for hydroxylation is 1. The van der Waals surface area contributed by atoms with Gasteiger partial charge in [-0.15, -0.1) is 0 Å². The molecule has 2 N–H and O–H groups in total. The maximum absolute atomic E-state index is 13.4. The number of ether oxygens (including phenoxy) is 1. The number of nitrogens with zero attached hydrogens (tertiary/aromatic N) is 2. The van der Waals surface area contributed by atoms with Crippen molar-refractivity contribution in [3.8, 4) is 17.0 Å². The number of aromatic nitrogens is 2. The highest BCUT2D eigenvalue weighted by molar-refractivity contribution is 7.92. The van der Waals surface area contributed by atoms with Crippen LogP contribution in [0.15, 0.2) is 88.3 Å². The quantitative estimate of drug-likeness (QED) is 0.283. The Labute approximate surface area is 219 Å². The van der Waals surface area contributed by atoms with E-state index in [4.69, 9.17) is 14.2 Å². The molecule has 2 heterocycles. The van der Waals surface area contributed by atoms with Gasteiger partial charge in [-0.05, 0) is 62.4 Å². The van der Waals surface area contributed by atoms with E-state index in [0.717, 1.165) is 5.56 Å². The average Bonchev–Trinajstić information content (AvgIpc) is 3.24. The van der Waals surface area contributed by atoms with Crippen molar-refractivity contribution in [2.45, 2.75) is 18.7 Å². The molecule has 0 aliphatic carbocycles. The number of carbonyl (C=O) groups is 1. The first-order valence-corrected chi connectivity index (χ1v) is 13.1. The van der Waals surface area contributed by atoms with Gasteiger partial charge >= 0.3 is 0 Å². The van der Waals surface area contributed by atoms with E-state index in [9.17, 15) is 13.2 Å². The lowest BCUT2D eigenvalue weighted by atomic mass is 10.0. The molecule has 5 aromatic rings. The predicted molar refractivity (Wildman–Crippen MR) is 145 cm³/mol. The second kappa shape index (κ2) is 9.98. The molecule has 0 atom stereocenters. The molecule has 1 amide bonds. The van der Waals surface area contributed by atoms with Crippen molar-refractivity contribution in [1.29, 1.82) is 0 Å². The first-order valence-electron chi connectivity index (χ1n) is 11.7. The molecular formula is C28H24N4O5S. The first-order chi connectivity index (χ1) is 18.2. The highest BCUT2D eigenvalue weighted by atomic mass is 32.2. The minimum absolute atomic E-state index is 0.0126. The molecular weight excluding hydrogens is 504 g/mol. The Balaban J connectivity index is 1.42. The summed E-state index contributed by atoms with van der Waals surface area (Å²) in [5, 5.41) is 7.31. The Morgan fingerprint density at radius 2 is 1.71 bits per heavy atom. The van der Waals surface area contributed by atoms with Crippen molar-refractivity contribution in [3.05, 3.63) is 95.7 Å². The number of nitrogens with one attached hydrogen (secondary N) is 2. The van der Waals surface area contributed by atoms with Crippen LogP contribution in [0.4, 0.5) is 11.6 Å². The van der Waals surface area contributed by atoms with E-state index in [-0.39, 0.29) is 16.7 Å². The third kappa shape index (κ3) is 4.94. The average molecular weight is 529 g/mol. The molecule has 0 spiro atoms. The van der Waals surface area contributed by atoms with E-state index < -0.39 is 10.0 Å². The van der Waals surface area contributed by atoms with Crippen molar-refractivity contribution in [2.24, 2.45) is 0 Å². The maximum atomic E-state index is 13.4. The van der Waals surface area contributed by atoms with Gasteiger partial charge in [0, 0.05) is 22.2 Å². The highest BCUT2D eigenvalue weighted by Crippen LogP contribution is 2.28. The topological polar surface area (TPSA) is 123 Å². The van der Waals surface area contributed by atoms with Crippen LogP contribution in [-0.4, -0.2) is 31.6 Å². The van der Waals surface area contributed by atoms with E-state index in [1.54, 1.807) is 27.0 Å². The van der Waals surface area contributed by atoms with Crippen molar-refractivity contribution in [2.75, 3.05) is 17.1 Å². The van der Waals surface area contributed by atoms with Gasteiger partial charge in [-0.1, -0.05) is 35.5 Å². The lowest BCUT2D eigenvalue weighted by Gasteiger charge is -2.12. The number of rotatable bonds is 7. The molecule has 10 heteroatoms. The minimum atomic E-state index is -3.91. The number of fused-ring (bicyclic) bond motifs is 1. The number of para-hydroxylation sites is 1. The number of hydrogen-bond acceptors (Lipinski definition) is 7. The smallest absolute Gasteiger partial charge is 0.264 e. The number of sulfonamides is 1. The van der Waals surface area contributed by atoms with E-state index in [1.807, 2.05) is 48.5 Å². The van der Waals surface area contributed by atoms with Crippen molar-refractivity contribution < 1.29 is 22.5 Å². The van der Waals surface area contributed by atoms with Crippen LogP contribution in [0.2, 0.25) is 0 Å². The Kier molecular flexibility index (Phi) is 6.56. The number of hydrogen-bond donors (Lipinski definition) is 2. The van der Waals surface area contributed by atoms with Crippen molar-refractivity contribution in [1.82, 2.24) is 10.1 Å². The van der Waals surface area contributed by atoms with Crippen LogP contribution in [0.5, 0.6) is 5.75 Å². The monoisotopic (exact) mass is 528 g/mol. The number of anilines is 2. The summed E-state index contributed by atoms with van der Waals surface area (Å²) in [7, 11) is -2.31. The molecule has 2 aromatic heterocycles. The summed E-state index contributed by atoms with van der Waals surface area (Å²) in [5.41, 5.74) is 4.17. The second-order valence-corrected chi connectivity index (χ2v) is 10.3. The lowest BCUT2D eigenvalue weighted by Crippen LogP contribution is -2.15. The van der Waals surface area contributed by atoms with Gasteiger partial charge in [-0.25, -0.2) is 18.1 Å². The van der Waals surface area contributed by atoms with E-state index in [1.165, 1.54) is 24.3 Å². The van der Waals surface area contributed by atoms with Crippen molar-refractivity contribution >= 4 is 38.4 Å². The standard InChI is InChI=1S/C28H24N4O5S/c1-17-18(2)31-37-28(17)32-38(34,35)22-13-11-20(12-14-22)29-27(33)24-16-26(19-7-6-8-21(15-19)36-3)30-25-10-5-4-9-23(24)25/h4-16,32H,1-3H3,(H,29,33). The molecule has 0 unspecified atom stereocenters. The number of amides is 1. The number of carbonyl (C=O) groups excluding carboxylic acids is 1. The van der Waals surface area contributed by atoms with Crippen LogP contribution in [0.3, 0.4) is 0 Å². The van der Waals surface area contributed by atoms with Gasteiger partial charge in [0.1, 0.15) is 5.75 Å². The van der Waals surface area contributed by atoms with E-state index in [0.29, 0.717) is 44.9 Å². The summed E-state index contributed by atoms with van der Waals surface area (Å²) in [6, 6.07) is 22.4. The number of benzene rings is 3. The number of methoxy groups -OCH3 is 1. The van der Waals surface area contributed by atoms with E-state index >= 15 is 0 Å². The molecule has 3 aromatic carbocycles. The molecule has 0 fully saturated rings. The zero-order chi connectivity index (χ0) is 26.9. The molecule has 0 radical (unpaired) electrons. The molecule has 38 heavy (non-hydrogen) atoms. The molecule has 0 saturated carbocycles. The summed E-state index contributed by atoms with van der Waals surface area (Å²) in [4.78, 5) is 18.1. The Hall–Kier alpha value is -4.70. The van der Waals surface area contributed by atoms with Crippen LogP contribution >= 0.6 is 0 Å². The largest absolute Gasteiger partial charge is 0.497 e. The van der Waals surface area contributed by atoms with Gasteiger partial charge < -0.3 is 14.6 Å². The highest BCUT2D eigenvalue weighted by Gasteiger charge is 2.20. The number of pyridine rings is 1. The predicted octanol–water partition coefficient (Wildman–Crippen LogP) is 5.57. The Morgan fingerprint density at radius 1 is 0.947 bits per heavy atom. The zero-order valence-corrected chi connectivity index (χ0v) is 21.7. The third-order valence-electron chi connectivity index (χ3n) is 6.13. The van der Waals surface area contributed by atoms with Gasteiger partial charge in [0.25, 0.3) is 15.9 Å². The second-order valence-electron chi connectivity index (χ2n) is 8.61. The molecule has 0 aliphatic rings. The van der Waals surface area contributed by atoms with Crippen LogP contribution in [-0.2, 0) is 10.0 Å². The third-order valence-corrected chi connectivity index (χ3v) is 7.48. The van der Waals surface area contributed by atoms with Gasteiger partial charge in [-0.3, -0.25) is 4.79 Å². The summed E-state index contributed by atoms with van der Waals surface area (Å²) in [5.74, 6) is 0.395. The molecule has 0 saturated heterocycles. The zero-order valence-electron chi connectivity index (χ0n) is 20.8. The fraction of sp³-hybridized carbons (Fsp3) is 0.107. The van der Waals surface area contributed by atoms with E-state index in [2.05, 4.69) is 15.2 Å². The van der Waals surface area contributed by atoms with Gasteiger partial charge in [-0.2, -0.15) is 0 Å². The Morgan fingerprint density at radius 3 is 2.42 bits per heavy atom. The first kappa shape index (κ1) is 25.0. The van der Waals surface area contributed by atoms with Crippen LogP contribution < -0.4 is 14.8 Å². The summed E-state index contributed by atoms with van der Waals surface area (Å²) in [6.07, 6.45) is 0. The molecule has 0 aliphatic heterocycles. The summed E-state index contributed by atoms with van der Waals surface area (Å²) < 4.78 is 38.3. The van der Waals surface area contributed by atoms with Gasteiger partial charge in [0.15, 0.2) is 0 Å².